The summed E-state index contributed by atoms with van der Waals surface area (Å²) in [7, 11) is 6.42. The molecule has 0 radical (unpaired) electrons. The summed E-state index contributed by atoms with van der Waals surface area (Å²) in [5.74, 6) is 4.14. The molecule has 0 aliphatic rings. The molecule has 0 amide bonds. The molecule has 25 heavy (non-hydrogen) atoms. The molecule has 2 rings (SSSR count). The topological polar surface area (TPSA) is 55.4 Å². The maximum atomic E-state index is 5.73. The molecular weight excluding hydrogens is 324 g/mol. The van der Waals surface area contributed by atoms with Crippen molar-refractivity contribution in [1.82, 2.24) is 0 Å². The SMILES string of the molecule is COc1cc(OC)cc(OCCCOc2cc(OC)cc(OC)c2)c1. The van der Waals surface area contributed by atoms with Gasteiger partial charge in [-0.05, 0) is 0 Å². The molecule has 2 aromatic carbocycles. The van der Waals surface area contributed by atoms with Crippen LogP contribution < -0.4 is 28.4 Å². The van der Waals surface area contributed by atoms with Crippen LogP contribution in [0.25, 0.3) is 0 Å². The Morgan fingerprint density at radius 1 is 0.480 bits per heavy atom. The Morgan fingerprint density at radius 2 is 0.760 bits per heavy atom. The molecule has 0 fully saturated rings. The van der Waals surface area contributed by atoms with Gasteiger partial charge < -0.3 is 28.4 Å². The van der Waals surface area contributed by atoms with Crippen molar-refractivity contribution in [1.29, 1.82) is 0 Å². The minimum absolute atomic E-state index is 0.511. The molecule has 0 heterocycles. The third-order valence-corrected chi connectivity index (χ3v) is 3.48. The molecule has 0 aliphatic carbocycles. The molecule has 0 atom stereocenters. The van der Waals surface area contributed by atoms with E-state index in [9.17, 15) is 0 Å². The molecule has 0 saturated carbocycles. The van der Waals surface area contributed by atoms with Crippen molar-refractivity contribution in [2.24, 2.45) is 0 Å². The quantitative estimate of drug-likeness (QED) is 0.612. The van der Waals surface area contributed by atoms with Crippen molar-refractivity contribution in [3.63, 3.8) is 0 Å². The fourth-order valence-electron chi connectivity index (χ4n) is 2.17. The van der Waals surface area contributed by atoms with E-state index in [1.54, 1.807) is 40.6 Å². The van der Waals surface area contributed by atoms with Crippen LogP contribution in [0.1, 0.15) is 6.42 Å². The van der Waals surface area contributed by atoms with Gasteiger partial charge in [-0.15, -0.1) is 0 Å². The van der Waals surface area contributed by atoms with Gasteiger partial charge in [0.05, 0.1) is 41.7 Å². The molecule has 2 aromatic rings. The van der Waals surface area contributed by atoms with Gasteiger partial charge in [0.25, 0.3) is 0 Å². The molecule has 0 N–H and O–H groups in total. The van der Waals surface area contributed by atoms with Crippen LogP contribution in [-0.4, -0.2) is 41.7 Å². The Balaban J connectivity index is 1.82. The zero-order chi connectivity index (χ0) is 18.1. The van der Waals surface area contributed by atoms with Crippen LogP contribution in [-0.2, 0) is 0 Å². The van der Waals surface area contributed by atoms with E-state index in [2.05, 4.69) is 0 Å². The third-order valence-electron chi connectivity index (χ3n) is 3.48. The van der Waals surface area contributed by atoms with Gasteiger partial charge in [-0.1, -0.05) is 0 Å². The maximum Gasteiger partial charge on any atom is 0.126 e. The summed E-state index contributed by atoms with van der Waals surface area (Å²) in [5, 5.41) is 0. The molecule has 6 heteroatoms. The normalized spacial score (nSPS) is 10.1. The van der Waals surface area contributed by atoms with Crippen LogP contribution in [0.2, 0.25) is 0 Å². The van der Waals surface area contributed by atoms with E-state index in [4.69, 9.17) is 28.4 Å². The fourth-order valence-corrected chi connectivity index (χ4v) is 2.17. The number of hydrogen-bond acceptors (Lipinski definition) is 6. The first-order valence-electron chi connectivity index (χ1n) is 7.90. The van der Waals surface area contributed by atoms with E-state index in [1.807, 2.05) is 24.3 Å². The summed E-state index contributed by atoms with van der Waals surface area (Å²) in [6, 6.07) is 10.9. The van der Waals surface area contributed by atoms with Gasteiger partial charge in [-0.3, -0.25) is 0 Å². The van der Waals surface area contributed by atoms with Gasteiger partial charge in [-0.2, -0.15) is 0 Å². The molecule has 136 valence electrons. The minimum Gasteiger partial charge on any atom is -0.496 e. The number of benzene rings is 2. The summed E-state index contributed by atoms with van der Waals surface area (Å²) in [6.07, 6.45) is 0.721. The average Bonchev–Trinajstić information content (AvgIpc) is 2.66. The van der Waals surface area contributed by atoms with Crippen molar-refractivity contribution in [3.05, 3.63) is 36.4 Å². The largest absolute Gasteiger partial charge is 0.496 e. The first kappa shape index (κ1) is 18.6. The zero-order valence-electron chi connectivity index (χ0n) is 15.0. The van der Waals surface area contributed by atoms with Gasteiger partial charge >= 0.3 is 0 Å². The number of ether oxygens (including phenoxy) is 6. The molecule has 0 saturated heterocycles. The van der Waals surface area contributed by atoms with Crippen LogP contribution in [0.15, 0.2) is 36.4 Å². The standard InChI is InChI=1S/C19H24O6/c1-20-14-8-15(21-2)11-18(10-14)24-6-5-7-25-19-12-16(22-3)9-17(13-19)23-4/h8-13H,5-7H2,1-4H3. The highest BCUT2D eigenvalue weighted by Crippen LogP contribution is 2.28. The Kier molecular flexibility index (Phi) is 7.07. The van der Waals surface area contributed by atoms with Crippen molar-refractivity contribution < 1.29 is 28.4 Å². The molecule has 0 unspecified atom stereocenters. The smallest absolute Gasteiger partial charge is 0.126 e. The monoisotopic (exact) mass is 348 g/mol. The Bertz CT molecular complexity index is 569. The van der Waals surface area contributed by atoms with Crippen LogP contribution in [0.4, 0.5) is 0 Å². The number of rotatable bonds is 10. The van der Waals surface area contributed by atoms with Crippen LogP contribution in [0.5, 0.6) is 34.5 Å². The van der Waals surface area contributed by atoms with Gasteiger partial charge in [0.2, 0.25) is 0 Å². The first-order chi connectivity index (χ1) is 12.2. The molecule has 0 bridgehead atoms. The van der Waals surface area contributed by atoms with Gasteiger partial charge in [0, 0.05) is 42.8 Å². The molecule has 0 aromatic heterocycles. The summed E-state index contributed by atoms with van der Waals surface area (Å²) < 4.78 is 32.3. The minimum atomic E-state index is 0.511. The highest BCUT2D eigenvalue weighted by molar-refractivity contribution is 5.42. The summed E-state index contributed by atoms with van der Waals surface area (Å²) in [6.45, 7) is 1.02. The van der Waals surface area contributed by atoms with E-state index < -0.39 is 0 Å². The van der Waals surface area contributed by atoms with Crippen LogP contribution >= 0.6 is 0 Å². The predicted molar refractivity (Wildman–Crippen MR) is 94.7 cm³/mol. The lowest BCUT2D eigenvalue weighted by atomic mass is 10.3. The highest BCUT2D eigenvalue weighted by atomic mass is 16.5. The maximum absolute atomic E-state index is 5.73. The molecule has 6 nitrogen and oxygen atoms in total. The highest BCUT2D eigenvalue weighted by Gasteiger charge is 2.04. The molecular formula is C19H24O6. The van der Waals surface area contributed by atoms with E-state index >= 15 is 0 Å². The lowest BCUT2D eigenvalue weighted by Gasteiger charge is -2.12. The number of methoxy groups -OCH3 is 4. The average molecular weight is 348 g/mol. The van der Waals surface area contributed by atoms with Gasteiger partial charge in [0.1, 0.15) is 34.5 Å². The van der Waals surface area contributed by atoms with E-state index in [0.29, 0.717) is 47.7 Å². The lowest BCUT2D eigenvalue weighted by Crippen LogP contribution is -2.05. The summed E-state index contributed by atoms with van der Waals surface area (Å²) >= 11 is 0. The van der Waals surface area contributed by atoms with Crippen molar-refractivity contribution in [3.8, 4) is 34.5 Å². The summed E-state index contributed by atoms with van der Waals surface area (Å²) in [4.78, 5) is 0. The number of hydrogen-bond donors (Lipinski definition) is 0. The lowest BCUT2D eigenvalue weighted by molar-refractivity contribution is 0.245. The fraction of sp³-hybridized carbons (Fsp3) is 0.368. The summed E-state index contributed by atoms with van der Waals surface area (Å²) in [5.41, 5.74) is 0. The van der Waals surface area contributed by atoms with Crippen molar-refractivity contribution in [2.75, 3.05) is 41.7 Å². The van der Waals surface area contributed by atoms with Gasteiger partial charge in [-0.25, -0.2) is 0 Å². The van der Waals surface area contributed by atoms with Crippen LogP contribution in [0, 0.1) is 0 Å². The second-order valence-electron chi connectivity index (χ2n) is 5.15. The molecule has 0 spiro atoms. The van der Waals surface area contributed by atoms with Crippen molar-refractivity contribution in [2.45, 2.75) is 6.42 Å². The zero-order valence-corrected chi connectivity index (χ0v) is 15.0. The second-order valence-corrected chi connectivity index (χ2v) is 5.15. The van der Waals surface area contributed by atoms with E-state index in [0.717, 1.165) is 6.42 Å². The van der Waals surface area contributed by atoms with Crippen molar-refractivity contribution >= 4 is 0 Å². The predicted octanol–water partition coefficient (Wildman–Crippen LogP) is 3.57. The van der Waals surface area contributed by atoms with E-state index in [1.165, 1.54) is 0 Å². The third kappa shape index (κ3) is 5.67. The Hall–Kier alpha value is -2.76. The first-order valence-corrected chi connectivity index (χ1v) is 7.90. The molecule has 0 aliphatic heterocycles. The van der Waals surface area contributed by atoms with Crippen LogP contribution in [0.3, 0.4) is 0 Å². The Labute approximate surface area is 148 Å². The van der Waals surface area contributed by atoms with E-state index in [-0.39, 0.29) is 0 Å². The van der Waals surface area contributed by atoms with Gasteiger partial charge in [0.15, 0.2) is 0 Å². The second kappa shape index (κ2) is 9.52. The Morgan fingerprint density at radius 3 is 1.04 bits per heavy atom.